The van der Waals surface area contributed by atoms with Crippen LogP contribution in [0.5, 0.6) is 0 Å². The Bertz CT molecular complexity index is 285. The van der Waals surface area contributed by atoms with Crippen molar-refractivity contribution in [3.8, 4) is 11.8 Å². The van der Waals surface area contributed by atoms with Gasteiger partial charge in [0, 0.05) is 0 Å². The molecule has 0 radical (unpaired) electrons. The molecule has 0 aromatic heterocycles. The Kier molecular flexibility index (Phi) is 7.37. The van der Waals surface area contributed by atoms with Crippen molar-refractivity contribution in [1.82, 2.24) is 0 Å². The largest absolute Gasteiger partial charge is 0.397 e. The van der Waals surface area contributed by atoms with Gasteiger partial charge in [0.2, 0.25) is 0 Å². The predicted molar refractivity (Wildman–Crippen MR) is 47.8 cm³/mol. The number of rotatable bonds is 6. The highest BCUT2D eigenvalue weighted by molar-refractivity contribution is 7.80. The second kappa shape index (κ2) is 7.73. The molecular weight excluding hydrogens is 212 g/mol. The molecule has 7 heteroatoms. The third-order valence-electron chi connectivity index (χ3n) is 1.04. The van der Waals surface area contributed by atoms with Crippen LogP contribution in [0.2, 0.25) is 0 Å². The van der Waals surface area contributed by atoms with Crippen LogP contribution in [0.25, 0.3) is 0 Å². The van der Waals surface area contributed by atoms with E-state index in [0.29, 0.717) is 6.42 Å². The summed E-state index contributed by atoms with van der Waals surface area (Å²) in [5.41, 5.74) is 0. The first kappa shape index (κ1) is 13.4. The maximum absolute atomic E-state index is 10.0. The summed E-state index contributed by atoms with van der Waals surface area (Å²) in [5.74, 6) is 4.89. The summed E-state index contributed by atoms with van der Waals surface area (Å²) in [6.45, 7) is 0.101. The minimum atomic E-state index is -4.34. The number of aliphatic hydroxyl groups excluding tert-OH is 1. The fraction of sp³-hybridized carbons (Fsp3) is 0.714. The molecule has 0 aromatic carbocycles. The molecule has 14 heavy (non-hydrogen) atoms. The molecule has 0 bridgehead atoms. The van der Waals surface area contributed by atoms with Gasteiger partial charge in [0.15, 0.2) is 0 Å². The van der Waals surface area contributed by atoms with Gasteiger partial charge in [-0.15, -0.1) is 0 Å². The first-order chi connectivity index (χ1) is 6.56. The first-order valence-corrected chi connectivity index (χ1v) is 5.19. The van der Waals surface area contributed by atoms with Gasteiger partial charge in [-0.1, -0.05) is 11.8 Å². The Morgan fingerprint density at radius 1 is 1.21 bits per heavy atom. The smallest absolute Gasteiger partial charge is 0.384 e. The lowest BCUT2D eigenvalue weighted by Crippen LogP contribution is -2.07. The van der Waals surface area contributed by atoms with E-state index in [1.165, 1.54) is 0 Å². The van der Waals surface area contributed by atoms with Crippen molar-refractivity contribution in [1.29, 1.82) is 0 Å². The van der Waals surface area contributed by atoms with Gasteiger partial charge in [-0.05, 0) is 6.42 Å². The average molecular weight is 224 g/mol. The monoisotopic (exact) mass is 224 g/mol. The van der Waals surface area contributed by atoms with E-state index in [4.69, 9.17) is 14.4 Å². The van der Waals surface area contributed by atoms with Crippen molar-refractivity contribution < 1.29 is 27.0 Å². The maximum Gasteiger partial charge on any atom is 0.397 e. The first-order valence-electron chi connectivity index (χ1n) is 3.82. The van der Waals surface area contributed by atoms with Crippen molar-refractivity contribution in [3.05, 3.63) is 0 Å². The van der Waals surface area contributed by atoms with Crippen LogP contribution in [0.1, 0.15) is 6.42 Å². The molecule has 0 saturated heterocycles. The van der Waals surface area contributed by atoms with Gasteiger partial charge in [-0.2, -0.15) is 8.42 Å². The van der Waals surface area contributed by atoms with Crippen molar-refractivity contribution in [2.75, 3.05) is 26.4 Å². The minimum absolute atomic E-state index is 0.133. The third kappa shape index (κ3) is 11.4. The summed E-state index contributed by atoms with van der Waals surface area (Å²) in [6, 6.07) is 0. The highest BCUT2D eigenvalue weighted by Crippen LogP contribution is 1.89. The minimum Gasteiger partial charge on any atom is -0.384 e. The number of ether oxygens (including phenoxy) is 1. The zero-order valence-electron chi connectivity index (χ0n) is 7.47. The van der Waals surface area contributed by atoms with Crippen molar-refractivity contribution in [2.24, 2.45) is 0 Å². The van der Waals surface area contributed by atoms with Crippen LogP contribution in [-0.4, -0.2) is 44.5 Å². The van der Waals surface area contributed by atoms with Crippen molar-refractivity contribution in [2.45, 2.75) is 6.42 Å². The van der Waals surface area contributed by atoms with Gasteiger partial charge >= 0.3 is 10.4 Å². The standard InChI is InChI=1S/C7H12O6S/c8-4-1-2-5-12-6-3-7-13-14(9,10)11/h8H,3-7H2,(H,9,10,11). The van der Waals surface area contributed by atoms with E-state index in [9.17, 15) is 8.42 Å². The molecule has 0 heterocycles. The molecule has 0 saturated carbocycles. The summed E-state index contributed by atoms with van der Waals surface area (Å²) in [6.07, 6.45) is 0.334. The summed E-state index contributed by atoms with van der Waals surface area (Å²) in [4.78, 5) is 0. The van der Waals surface area contributed by atoms with E-state index in [0.717, 1.165) is 0 Å². The zero-order chi connectivity index (χ0) is 10.9. The van der Waals surface area contributed by atoms with Gasteiger partial charge in [-0.25, -0.2) is 4.18 Å². The van der Waals surface area contributed by atoms with Crippen LogP contribution in [0, 0.1) is 11.8 Å². The average Bonchev–Trinajstić information content (AvgIpc) is 2.08. The molecule has 0 aromatic rings. The van der Waals surface area contributed by atoms with Gasteiger partial charge in [0.05, 0.1) is 13.2 Å². The lowest BCUT2D eigenvalue weighted by molar-refractivity contribution is 0.145. The topological polar surface area (TPSA) is 93.1 Å². The molecule has 6 nitrogen and oxygen atoms in total. The molecule has 0 spiro atoms. The lowest BCUT2D eigenvalue weighted by atomic mass is 10.5. The molecule has 2 N–H and O–H groups in total. The van der Waals surface area contributed by atoms with Crippen LogP contribution in [-0.2, 0) is 19.3 Å². The van der Waals surface area contributed by atoms with E-state index in [2.05, 4.69) is 16.0 Å². The third-order valence-corrected chi connectivity index (χ3v) is 1.51. The molecule has 0 unspecified atom stereocenters. The van der Waals surface area contributed by atoms with Gasteiger partial charge in [-0.3, -0.25) is 4.55 Å². The van der Waals surface area contributed by atoms with Crippen LogP contribution in [0.4, 0.5) is 0 Å². The van der Waals surface area contributed by atoms with Crippen molar-refractivity contribution in [3.63, 3.8) is 0 Å². The summed E-state index contributed by atoms with van der Waals surface area (Å²) in [7, 11) is -4.34. The quantitative estimate of drug-likeness (QED) is 0.349. The fourth-order valence-electron chi connectivity index (χ4n) is 0.555. The number of hydrogen-bond acceptors (Lipinski definition) is 5. The van der Waals surface area contributed by atoms with Gasteiger partial charge in [0.25, 0.3) is 0 Å². The predicted octanol–water partition coefficient (Wildman–Crippen LogP) is -0.792. The molecule has 0 aliphatic rings. The second-order valence-electron chi connectivity index (χ2n) is 2.17. The molecule has 0 aliphatic carbocycles. The zero-order valence-corrected chi connectivity index (χ0v) is 8.29. The Hall–Kier alpha value is -0.650. The van der Waals surface area contributed by atoms with Crippen LogP contribution in [0.15, 0.2) is 0 Å². The fourth-order valence-corrected chi connectivity index (χ4v) is 0.884. The van der Waals surface area contributed by atoms with Gasteiger partial charge < -0.3 is 9.84 Å². The number of hydrogen-bond donors (Lipinski definition) is 2. The van der Waals surface area contributed by atoms with Crippen LogP contribution >= 0.6 is 0 Å². The normalized spacial score (nSPS) is 10.7. The molecule has 0 aliphatic heterocycles. The van der Waals surface area contributed by atoms with E-state index >= 15 is 0 Å². The van der Waals surface area contributed by atoms with E-state index in [1.54, 1.807) is 0 Å². The maximum atomic E-state index is 10.0. The van der Waals surface area contributed by atoms with E-state index < -0.39 is 10.4 Å². The molecular formula is C7H12O6S. The van der Waals surface area contributed by atoms with Crippen molar-refractivity contribution >= 4 is 10.4 Å². The second-order valence-corrected chi connectivity index (χ2v) is 3.26. The summed E-state index contributed by atoms with van der Waals surface area (Å²) >= 11 is 0. The summed E-state index contributed by atoms with van der Waals surface area (Å²) in [5, 5.41) is 8.25. The Labute approximate surface area is 82.8 Å². The van der Waals surface area contributed by atoms with E-state index in [-0.39, 0.29) is 26.4 Å². The molecule has 0 fully saturated rings. The SMILES string of the molecule is O=S(=O)(O)OCCCOCC#CCO. The van der Waals surface area contributed by atoms with Crippen LogP contribution < -0.4 is 0 Å². The number of aliphatic hydroxyl groups is 1. The Balaban J connectivity index is 3.23. The van der Waals surface area contributed by atoms with E-state index in [1.807, 2.05) is 0 Å². The summed E-state index contributed by atoms with van der Waals surface area (Å²) < 4.78 is 37.2. The Morgan fingerprint density at radius 2 is 1.93 bits per heavy atom. The lowest BCUT2D eigenvalue weighted by Gasteiger charge is -1.99. The van der Waals surface area contributed by atoms with Gasteiger partial charge in [0.1, 0.15) is 13.2 Å². The highest BCUT2D eigenvalue weighted by Gasteiger charge is 2.02. The highest BCUT2D eigenvalue weighted by atomic mass is 32.3. The molecule has 82 valence electrons. The molecule has 0 rings (SSSR count). The molecule has 0 amide bonds. The van der Waals surface area contributed by atoms with Crippen LogP contribution in [0.3, 0.4) is 0 Å². The molecule has 0 atom stereocenters. The Morgan fingerprint density at radius 3 is 2.50 bits per heavy atom.